The first kappa shape index (κ1) is 9.68. The summed E-state index contributed by atoms with van der Waals surface area (Å²) in [5.74, 6) is 0.637. The summed E-state index contributed by atoms with van der Waals surface area (Å²) in [6.45, 7) is 1.89. The first-order valence-electron chi connectivity index (χ1n) is 3.56. The van der Waals surface area contributed by atoms with Gasteiger partial charge in [-0.2, -0.15) is 0 Å². The van der Waals surface area contributed by atoms with Gasteiger partial charge in [0.2, 0.25) is 0 Å². The number of halogens is 1. The van der Waals surface area contributed by atoms with Crippen molar-refractivity contribution in [3.05, 3.63) is 35.6 Å². The van der Waals surface area contributed by atoms with Crippen LogP contribution in [0, 0.1) is 5.82 Å². The normalized spacial score (nSPS) is 9.83. The Labute approximate surface area is 81.2 Å². The summed E-state index contributed by atoms with van der Waals surface area (Å²) >= 11 is 6.51. The predicted octanol–water partition coefficient (Wildman–Crippen LogP) is 3.41. The first-order valence-corrected chi connectivity index (χ1v) is 4.95. The van der Waals surface area contributed by atoms with Crippen molar-refractivity contribution < 1.29 is 4.39 Å². The van der Waals surface area contributed by atoms with Crippen molar-refractivity contribution in [2.45, 2.75) is 12.7 Å². The Morgan fingerprint density at radius 2 is 2.00 bits per heavy atom. The van der Waals surface area contributed by atoms with E-state index in [2.05, 4.69) is 0 Å². The van der Waals surface area contributed by atoms with Gasteiger partial charge in [-0.15, -0.1) is 11.8 Å². The molecule has 0 amide bonds. The Morgan fingerprint density at radius 1 is 1.42 bits per heavy atom. The average molecular weight is 200 g/mol. The molecule has 0 radical (unpaired) electrons. The lowest BCUT2D eigenvalue weighted by molar-refractivity contribution is 0.627. The maximum atomic E-state index is 12.5. The van der Waals surface area contributed by atoms with Crippen LogP contribution < -0.4 is 0 Å². The number of thioether (sulfide) groups is 1. The molecule has 0 saturated carbocycles. The summed E-state index contributed by atoms with van der Waals surface area (Å²) in [7, 11) is 0. The van der Waals surface area contributed by atoms with Crippen LogP contribution in [0.1, 0.15) is 12.5 Å². The molecule has 3 heteroatoms. The Hall–Kier alpha value is -0.410. The summed E-state index contributed by atoms with van der Waals surface area (Å²) in [5, 5.41) is 0. The zero-order chi connectivity index (χ0) is 8.97. The Kier molecular flexibility index (Phi) is 3.69. The van der Waals surface area contributed by atoms with Crippen LogP contribution in [0.5, 0.6) is 0 Å². The summed E-state index contributed by atoms with van der Waals surface area (Å²) in [6.07, 6.45) is 0. The van der Waals surface area contributed by atoms with Gasteiger partial charge in [0.25, 0.3) is 0 Å². The van der Waals surface area contributed by atoms with Crippen molar-refractivity contribution >= 4 is 28.2 Å². The molecule has 0 N–H and O–H groups in total. The topological polar surface area (TPSA) is 0 Å². The summed E-state index contributed by atoms with van der Waals surface area (Å²) in [4.78, 5) is 0. The fourth-order valence-corrected chi connectivity index (χ4v) is 1.50. The van der Waals surface area contributed by atoms with Crippen LogP contribution in [0.15, 0.2) is 24.3 Å². The molecular weight excluding hydrogens is 191 g/mol. The van der Waals surface area contributed by atoms with Gasteiger partial charge in [-0.1, -0.05) is 24.4 Å². The van der Waals surface area contributed by atoms with Gasteiger partial charge < -0.3 is 0 Å². The van der Waals surface area contributed by atoms with Crippen LogP contribution in [0.2, 0.25) is 0 Å². The van der Waals surface area contributed by atoms with Crippen molar-refractivity contribution in [2.24, 2.45) is 0 Å². The summed E-state index contributed by atoms with van der Waals surface area (Å²) in [6, 6.07) is 6.49. The number of benzene rings is 1. The van der Waals surface area contributed by atoms with Gasteiger partial charge >= 0.3 is 0 Å². The highest BCUT2D eigenvalue weighted by Crippen LogP contribution is 2.13. The molecule has 0 saturated heterocycles. The van der Waals surface area contributed by atoms with E-state index >= 15 is 0 Å². The number of hydrogen-bond acceptors (Lipinski definition) is 2. The third-order valence-electron chi connectivity index (χ3n) is 1.36. The van der Waals surface area contributed by atoms with E-state index in [0.29, 0.717) is 0 Å². The van der Waals surface area contributed by atoms with E-state index in [0.717, 1.165) is 15.5 Å². The third kappa shape index (κ3) is 3.32. The molecule has 64 valence electrons. The largest absolute Gasteiger partial charge is 0.207 e. The summed E-state index contributed by atoms with van der Waals surface area (Å²) in [5.41, 5.74) is 1.10. The smallest absolute Gasteiger partial charge is 0.123 e. The van der Waals surface area contributed by atoms with Crippen LogP contribution in [0.4, 0.5) is 4.39 Å². The van der Waals surface area contributed by atoms with Crippen molar-refractivity contribution in [2.75, 3.05) is 0 Å². The second-order valence-electron chi connectivity index (χ2n) is 2.41. The zero-order valence-electron chi connectivity index (χ0n) is 6.71. The van der Waals surface area contributed by atoms with Gasteiger partial charge in [-0.05, 0) is 24.6 Å². The second-order valence-corrected chi connectivity index (χ2v) is 4.47. The van der Waals surface area contributed by atoms with Gasteiger partial charge in [-0.3, -0.25) is 0 Å². The van der Waals surface area contributed by atoms with E-state index in [9.17, 15) is 4.39 Å². The minimum atomic E-state index is -0.192. The van der Waals surface area contributed by atoms with Crippen LogP contribution in [0.25, 0.3) is 0 Å². The lowest BCUT2D eigenvalue weighted by Crippen LogP contribution is -1.83. The molecule has 0 aromatic heterocycles. The van der Waals surface area contributed by atoms with E-state index in [1.807, 2.05) is 6.92 Å². The fraction of sp³-hybridized carbons (Fsp3) is 0.222. The van der Waals surface area contributed by atoms with Crippen LogP contribution in [-0.2, 0) is 5.75 Å². The van der Waals surface area contributed by atoms with Crippen molar-refractivity contribution in [1.82, 2.24) is 0 Å². The Balaban J connectivity index is 2.53. The van der Waals surface area contributed by atoms with Crippen LogP contribution in [0.3, 0.4) is 0 Å². The van der Waals surface area contributed by atoms with Gasteiger partial charge in [0.15, 0.2) is 0 Å². The predicted molar refractivity (Wildman–Crippen MR) is 56.0 cm³/mol. The molecule has 1 aromatic rings. The zero-order valence-corrected chi connectivity index (χ0v) is 8.34. The molecule has 0 unspecified atom stereocenters. The molecule has 0 fully saturated rings. The van der Waals surface area contributed by atoms with E-state index in [1.165, 1.54) is 12.1 Å². The molecule has 0 aliphatic carbocycles. The average Bonchev–Trinajstić information content (AvgIpc) is 2.03. The van der Waals surface area contributed by atoms with E-state index in [1.54, 1.807) is 23.9 Å². The number of thiocarbonyl (C=S) groups is 1. The maximum absolute atomic E-state index is 12.5. The maximum Gasteiger partial charge on any atom is 0.123 e. The molecule has 0 bridgehead atoms. The standard InChI is InChI=1S/C9H9FS2/c1-7(11)12-6-8-2-4-9(10)5-3-8/h2-5H,6H2,1H3. The van der Waals surface area contributed by atoms with Gasteiger partial charge in [0.05, 0.1) is 0 Å². The Bertz CT molecular complexity index is 266. The third-order valence-corrected chi connectivity index (χ3v) is 2.59. The van der Waals surface area contributed by atoms with Crippen molar-refractivity contribution in [1.29, 1.82) is 0 Å². The van der Waals surface area contributed by atoms with Crippen LogP contribution in [-0.4, -0.2) is 4.20 Å². The summed E-state index contributed by atoms with van der Waals surface area (Å²) < 4.78 is 13.4. The molecule has 1 rings (SSSR count). The quantitative estimate of drug-likeness (QED) is 0.671. The minimum absolute atomic E-state index is 0.192. The van der Waals surface area contributed by atoms with Crippen LogP contribution >= 0.6 is 24.0 Å². The highest BCUT2D eigenvalue weighted by Gasteiger charge is 1.94. The fourth-order valence-electron chi connectivity index (χ4n) is 0.766. The lowest BCUT2D eigenvalue weighted by atomic mass is 10.2. The molecule has 0 heterocycles. The van der Waals surface area contributed by atoms with Gasteiger partial charge in [0.1, 0.15) is 5.82 Å². The lowest BCUT2D eigenvalue weighted by Gasteiger charge is -1.98. The van der Waals surface area contributed by atoms with E-state index in [4.69, 9.17) is 12.2 Å². The molecule has 1 aromatic carbocycles. The molecule has 0 nitrogen and oxygen atoms in total. The van der Waals surface area contributed by atoms with E-state index < -0.39 is 0 Å². The Morgan fingerprint density at radius 3 is 2.50 bits per heavy atom. The molecule has 0 atom stereocenters. The second kappa shape index (κ2) is 4.58. The van der Waals surface area contributed by atoms with Gasteiger partial charge in [0, 0.05) is 9.95 Å². The molecule has 0 aliphatic heterocycles. The number of hydrogen-bond donors (Lipinski definition) is 0. The van der Waals surface area contributed by atoms with Crippen molar-refractivity contribution in [3.63, 3.8) is 0 Å². The highest BCUT2D eigenvalue weighted by atomic mass is 32.2. The SMILES string of the molecule is CC(=S)SCc1ccc(F)cc1. The molecule has 12 heavy (non-hydrogen) atoms. The minimum Gasteiger partial charge on any atom is -0.207 e. The monoisotopic (exact) mass is 200 g/mol. The van der Waals surface area contributed by atoms with Gasteiger partial charge in [-0.25, -0.2) is 4.39 Å². The molecule has 0 spiro atoms. The van der Waals surface area contributed by atoms with Crippen molar-refractivity contribution in [3.8, 4) is 0 Å². The molecule has 0 aliphatic rings. The highest BCUT2D eigenvalue weighted by molar-refractivity contribution is 8.22. The first-order chi connectivity index (χ1) is 5.68. The molecular formula is C9H9FS2. The van der Waals surface area contributed by atoms with E-state index in [-0.39, 0.29) is 5.82 Å². The number of rotatable bonds is 2.